The summed E-state index contributed by atoms with van der Waals surface area (Å²) in [5, 5.41) is 0. The summed E-state index contributed by atoms with van der Waals surface area (Å²) in [4.78, 5) is 14.0. The first-order chi connectivity index (χ1) is 7.43. The Kier molecular flexibility index (Phi) is 4.29. The van der Waals surface area contributed by atoms with Crippen LogP contribution in [0.2, 0.25) is 0 Å². The van der Waals surface area contributed by atoms with Gasteiger partial charge in [-0.15, -0.1) is 0 Å². The first-order valence-electron chi connectivity index (χ1n) is 5.85. The van der Waals surface area contributed by atoms with Gasteiger partial charge in [0.15, 0.2) is 0 Å². The summed E-state index contributed by atoms with van der Waals surface area (Å²) in [6.45, 7) is 9.52. The summed E-state index contributed by atoms with van der Waals surface area (Å²) in [6, 6.07) is 0. The van der Waals surface area contributed by atoms with Crippen molar-refractivity contribution in [2.75, 3.05) is 13.1 Å². The van der Waals surface area contributed by atoms with Crippen LogP contribution in [0, 0.1) is 0 Å². The maximum absolute atomic E-state index is 11.9. The third-order valence-electron chi connectivity index (χ3n) is 3.43. The van der Waals surface area contributed by atoms with Crippen molar-refractivity contribution in [2.24, 2.45) is 5.84 Å². The molecule has 1 rings (SSSR count). The molecule has 1 amide bonds. The number of hydrogen-bond acceptors (Lipinski definition) is 4. The standard InChI is InChI=1S/C11H23N3O2/c1-5-11(4,10(15)13-12)14-6-8(2)16-9(3)7-14/h8-9H,5-7,12H2,1-4H3,(H,13,15)/t8-,9-,11-/m0/s1. The highest BCUT2D eigenvalue weighted by Crippen LogP contribution is 2.24. The molecule has 1 aliphatic rings. The van der Waals surface area contributed by atoms with Crippen molar-refractivity contribution in [2.45, 2.75) is 51.9 Å². The zero-order chi connectivity index (χ0) is 12.3. The Morgan fingerprint density at radius 3 is 2.38 bits per heavy atom. The highest BCUT2D eigenvalue weighted by atomic mass is 16.5. The van der Waals surface area contributed by atoms with Crippen LogP contribution in [-0.2, 0) is 9.53 Å². The Balaban J connectivity index is 2.83. The summed E-state index contributed by atoms with van der Waals surface area (Å²) in [6.07, 6.45) is 1.04. The van der Waals surface area contributed by atoms with Crippen LogP contribution in [0.15, 0.2) is 0 Å². The van der Waals surface area contributed by atoms with Crippen LogP contribution < -0.4 is 11.3 Å². The van der Waals surface area contributed by atoms with Gasteiger partial charge < -0.3 is 4.74 Å². The minimum Gasteiger partial charge on any atom is -0.373 e. The molecule has 1 aliphatic heterocycles. The van der Waals surface area contributed by atoms with Crippen molar-refractivity contribution in [1.29, 1.82) is 0 Å². The normalized spacial score (nSPS) is 30.8. The molecule has 0 saturated carbocycles. The molecule has 0 unspecified atom stereocenters. The first-order valence-corrected chi connectivity index (χ1v) is 5.85. The SMILES string of the molecule is CC[C@@](C)(C(=O)NN)N1C[C@H](C)O[C@@H](C)C1. The van der Waals surface area contributed by atoms with Gasteiger partial charge in [0.1, 0.15) is 0 Å². The summed E-state index contributed by atoms with van der Waals surface area (Å²) >= 11 is 0. The lowest BCUT2D eigenvalue weighted by Crippen LogP contribution is -2.63. The van der Waals surface area contributed by atoms with Crippen molar-refractivity contribution >= 4 is 5.91 Å². The predicted molar refractivity (Wildman–Crippen MR) is 62.6 cm³/mol. The van der Waals surface area contributed by atoms with Gasteiger partial charge in [-0.3, -0.25) is 15.1 Å². The van der Waals surface area contributed by atoms with E-state index in [-0.39, 0.29) is 18.1 Å². The second-order valence-corrected chi connectivity index (χ2v) is 4.76. The van der Waals surface area contributed by atoms with Crippen LogP contribution in [0.1, 0.15) is 34.1 Å². The van der Waals surface area contributed by atoms with Crippen molar-refractivity contribution in [3.63, 3.8) is 0 Å². The maximum atomic E-state index is 11.9. The van der Waals surface area contributed by atoms with Gasteiger partial charge in [0.25, 0.3) is 5.91 Å². The molecule has 0 spiro atoms. The molecule has 0 radical (unpaired) electrons. The highest BCUT2D eigenvalue weighted by Gasteiger charge is 2.40. The van der Waals surface area contributed by atoms with Gasteiger partial charge in [-0.2, -0.15) is 0 Å². The Morgan fingerprint density at radius 1 is 1.50 bits per heavy atom. The fourth-order valence-electron chi connectivity index (χ4n) is 2.26. The number of carbonyl (C=O) groups excluding carboxylic acids is 1. The van der Waals surface area contributed by atoms with Crippen molar-refractivity contribution in [3.05, 3.63) is 0 Å². The molecular weight excluding hydrogens is 206 g/mol. The van der Waals surface area contributed by atoms with E-state index in [0.29, 0.717) is 0 Å². The Bertz CT molecular complexity index is 250. The number of rotatable bonds is 3. The van der Waals surface area contributed by atoms with E-state index < -0.39 is 5.54 Å². The van der Waals surface area contributed by atoms with E-state index >= 15 is 0 Å². The van der Waals surface area contributed by atoms with Gasteiger partial charge in [-0.25, -0.2) is 5.84 Å². The highest BCUT2D eigenvalue weighted by molar-refractivity contribution is 5.85. The van der Waals surface area contributed by atoms with Gasteiger partial charge in [0.2, 0.25) is 0 Å². The molecule has 1 heterocycles. The molecule has 94 valence electrons. The third kappa shape index (κ3) is 2.53. The van der Waals surface area contributed by atoms with Gasteiger partial charge in [0.05, 0.1) is 17.7 Å². The van der Waals surface area contributed by atoms with Crippen LogP contribution in [-0.4, -0.2) is 41.6 Å². The Morgan fingerprint density at radius 2 is 2.00 bits per heavy atom. The van der Waals surface area contributed by atoms with E-state index in [0.717, 1.165) is 19.5 Å². The van der Waals surface area contributed by atoms with Gasteiger partial charge >= 0.3 is 0 Å². The monoisotopic (exact) mass is 229 g/mol. The summed E-state index contributed by atoms with van der Waals surface area (Å²) in [5.74, 6) is 5.12. The number of ether oxygens (including phenoxy) is 1. The number of carbonyl (C=O) groups is 1. The zero-order valence-electron chi connectivity index (χ0n) is 10.6. The number of hydrogen-bond donors (Lipinski definition) is 2. The second kappa shape index (κ2) is 5.12. The average Bonchev–Trinajstić information content (AvgIpc) is 2.25. The molecule has 0 aromatic carbocycles. The van der Waals surface area contributed by atoms with Gasteiger partial charge in [0, 0.05) is 13.1 Å². The molecule has 0 aromatic heterocycles. The molecule has 3 N–H and O–H groups in total. The predicted octanol–water partition coefficient (Wildman–Crippen LogP) is 0.254. The summed E-state index contributed by atoms with van der Waals surface area (Å²) < 4.78 is 5.66. The summed E-state index contributed by atoms with van der Waals surface area (Å²) in [5.41, 5.74) is 1.72. The lowest BCUT2D eigenvalue weighted by Gasteiger charge is -2.45. The van der Waals surface area contributed by atoms with E-state index in [1.807, 2.05) is 27.7 Å². The molecule has 0 aromatic rings. The third-order valence-corrected chi connectivity index (χ3v) is 3.43. The van der Waals surface area contributed by atoms with Gasteiger partial charge in [-0.05, 0) is 27.2 Å². The molecule has 3 atom stereocenters. The van der Waals surface area contributed by atoms with E-state index in [1.54, 1.807) is 0 Å². The van der Waals surface area contributed by atoms with Crippen LogP contribution in [0.4, 0.5) is 0 Å². The maximum Gasteiger partial charge on any atom is 0.254 e. The molecule has 1 saturated heterocycles. The van der Waals surface area contributed by atoms with Gasteiger partial charge in [-0.1, -0.05) is 6.92 Å². The number of amides is 1. The fraction of sp³-hybridized carbons (Fsp3) is 0.909. The summed E-state index contributed by atoms with van der Waals surface area (Å²) in [7, 11) is 0. The molecular formula is C11H23N3O2. The van der Waals surface area contributed by atoms with E-state index in [4.69, 9.17) is 10.6 Å². The Labute approximate surface area is 97.3 Å². The minimum absolute atomic E-state index is 0.128. The topological polar surface area (TPSA) is 67.6 Å². The molecule has 5 heteroatoms. The van der Waals surface area contributed by atoms with Crippen molar-refractivity contribution < 1.29 is 9.53 Å². The number of hydrazine groups is 1. The van der Waals surface area contributed by atoms with Crippen LogP contribution in [0.3, 0.4) is 0 Å². The van der Waals surface area contributed by atoms with E-state index in [2.05, 4.69) is 10.3 Å². The van der Waals surface area contributed by atoms with Crippen molar-refractivity contribution in [3.8, 4) is 0 Å². The number of nitrogens with two attached hydrogens (primary N) is 1. The van der Waals surface area contributed by atoms with E-state index in [9.17, 15) is 4.79 Å². The minimum atomic E-state index is -0.541. The Hall–Kier alpha value is -0.650. The smallest absolute Gasteiger partial charge is 0.254 e. The van der Waals surface area contributed by atoms with Crippen LogP contribution >= 0.6 is 0 Å². The number of morpholine rings is 1. The quantitative estimate of drug-likeness (QED) is 0.414. The zero-order valence-corrected chi connectivity index (χ0v) is 10.6. The molecule has 0 aliphatic carbocycles. The molecule has 16 heavy (non-hydrogen) atoms. The second-order valence-electron chi connectivity index (χ2n) is 4.76. The van der Waals surface area contributed by atoms with Crippen LogP contribution in [0.25, 0.3) is 0 Å². The molecule has 5 nitrogen and oxygen atoms in total. The largest absolute Gasteiger partial charge is 0.373 e. The van der Waals surface area contributed by atoms with Crippen LogP contribution in [0.5, 0.6) is 0 Å². The lowest BCUT2D eigenvalue weighted by atomic mass is 9.93. The van der Waals surface area contributed by atoms with E-state index in [1.165, 1.54) is 0 Å². The average molecular weight is 229 g/mol. The fourth-order valence-corrected chi connectivity index (χ4v) is 2.26. The van der Waals surface area contributed by atoms with Crippen molar-refractivity contribution in [1.82, 2.24) is 10.3 Å². The lowest BCUT2D eigenvalue weighted by molar-refractivity contribution is -0.143. The number of nitrogens with one attached hydrogen (secondary N) is 1. The molecule has 0 bridgehead atoms. The first kappa shape index (κ1) is 13.4. The molecule has 1 fully saturated rings. The number of nitrogens with zero attached hydrogens (tertiary/aromatic N) is 1.